The average Bonchev–Trinajstić information content (AvgIpc) is 3.98. The Morgan fingerprint density at radius 3 is 1.66 bits per heavy atom. The zero-order valence-electron chi connectivity index (χ0n) is 30.5. The third-order valence-corrected chi connectivity index (χ3v) is 9.91. The number of ether oxygens (including phenoxy) is 1. The number of rotatable bonds is 11. The zero-order chi connectivity index (χ0) is 37.8. The summed E-state index contributed by atoms with van der Waals surface area (Å²) in [5, 5.41) is 14.3. The summed E-state index contributed by atoms with van der Waals surface area (Å²) in [5.41, 5.74) is 3.99. The van der Waals surface area contributed by atoms with Gasteiger partial charge in [-0.1, -0.05) is 52.0 Å². The van der Waals surface area contributed by atoms with Crippen molar-refractivity contribution < 1.29 is 29.0 Å². The van der Waals surface area contributed by atoms with Crippen LogP contribution < -0.4 is 10.6 Å². The van der Waals surface area contributed by atoms with Gasteiger partial charge in [-0.3, -0.25) is 9.59 Å². The van der Waals surface area contributed by atoms with Crippen molar-refractivity contribution in [2.75, 3.05) is 20.2 Å². The number of hydrogen-bond donors (Lipinski definition) is 5. The molecule has 280 valence electrons. The van der Waals surface area contributed by atoms with Crippen LogP contribution in [0.15, 0.2) is 49.1 Å². The Balaban J connectivity index is 1.11. The van der Waals surface area contributed by atoms with Crippen molar-refractivity contribution in [3.63, 3.8) is 0 Å². The average molecular weight is 727 g/mol. The van der Waals surface area contributed by atoms with Gasteiger partial charge >= 0.3 is 12.2 Å². The van der Waals surface area contributed by atoms with E-state index in [4.69, 9.17) is 4.74 Å². The van der Waals surface area contributed by atoms with Crippen LogP contribution in [0.2, 0.25) is 0 Å². The number of carboxylic acid groups (broad SMARTS) is 1. The van der Waals surface area contributed by atoms with Gasteiger partial charge in [-0.15, -0.1) is 0 Å². The number of carbonyl (C=O) groups excluding carboxylic acids is 3. The second-order valence-corrected chi connectivity index (χ2v) is 14.1. The number of nitrogens with zero attached hydrogens (tertiary/aromatic N) is 6. The number of imidazole rings is 2. The molecule has 0 unspecified atom stereocenters. The Bertz CT molecular complexity index is 1920. The van der Waals surface area contributed by atoms with E-state index in [-0.39, 0.29) is 35.7 Å². The Morgan fingerprint density at radius 1 is 0.717 bits per heavy atom. The molecule has 5 heterocycles. The van der Waals surface area contributed by atoms with E-state index in [1.54, 1.807) is 34.6 Å². The number of methoxy groups -OCH3 is 1. The summed E-state index contributed by atoms with van der Waals surface area (Å²) in [7, 11) is 1.28. The number of nitrogens with one attached hydrogen (secondary N) is 4. The second kappa shape index (κ2) is 15.8. The molecular weight excluding hydrogens is 680 g/mol. The zero-order valence-corrected chi connectivity index (χ0v) is 30.5. The molecule has 2 aliphatic heterocycles. The van der Waals surface area contributed by atoms with Crippen LogP contribution in [0.4, 0.5) is 9.59 Å². The predicted octanol–water partition coefficient (Wildman–Crippen LogP) is 4.92. The van der Waals surface area contributed by atoms with Gasteiger partial charge in [0.25, 0.3) is 0 Å². The summed E-state index contributed by atoms with van der Waals surface area (Å²) >= 11 is 0. The highest BCUT2D eigenvalue weighted by Gasteiger charge is 2.39. The standard InChI is InChI=1S/C37H46N10O6/c1-20(2)29(44-36(50)51)34(48)46-14-6-9-28(46)33-41-19-26(43-33)24-16-38-31(39-17-24)23-12-10-22(11-13-23)25-18-40-32(42-25)27-8-7-15-47(27)35(49)30(21(3)4)45-37(52)53-5/h10-13,16-21,27-30,44H,6-9,14-15H2,1-5H3,(H,40,42)(H,41,43)(H,45,52)(H,50,51)/t27-,28-,29-,30-/m0/s1. The van der Waals surface area contributed by atoms with Crippen LogP contribution in [-0.2, 0) is 14.3 Å². The third kappa shape index (κ3) is 8.00. The first kappa shape index (κ1) is 37.0. The molecule has 0 saturated carbocycles. The first-order valence-corrected chi connectivity index (χ1v) is 17.9. The topological polar surface area (TPSA) is 211 Å². The molecule has 0 spiro atoms. The smallest absolute Gasteiger partial charge is 0.407 e. The number of alkyl carbamates (subject to hydrolysis) is 1. The SMILES string of the molecule is COC(=O)N[C@H](C(=O)N1CCC[C@H]1c1ncc(-c2ccc(-c3ncc(-c4cnc([C@@H]5CCCN5C(=O)[C@@H](NC(=O)O)C(C)C)[nH]4)cn3)cc2)[nH]1)C(C)C. The third-order valence-electron chi connectivity index (χ3n) is 9.91. The maximum absolute atomic E-state index is 13.5. The van der Waals surface area contributed by atoms with Gasteiger partial charge in [-0.25, -0.2) is 29.5 Å². The van der Waals surface area contributed by atoms with Crippen LogP contribution in [0.5, 0.6) is 0 Å². The van der Waals surface area contributed by atoms with E-state index in [9.17, 15) is 24.3 Å². The minimum Gasteiger partial charge on any atom is -0.465 e. The van der Waals surface area contributed by atoms with Crippen LogP contribution in [0, 0.1) is 11.8 Å². The van der Waals surface area contributed by atoms with Gasteiger partial charge in [0.05, 0.1) is 43.0 Å². The molecule has 0 radical (unpaired) electrons. The summed E-state index contributed by atoms with van der Waals surface area (Å²) in [6.45, 7) is 8.51. The summed E-state index contributed by atoms with van der Waals surface area (Å²) < 4.78 is 4.74. The number of amides is 4. The highest BCUT2D eigenvalue weighted by atomic mass is 16.5. The van der Waals surface area contributed by atoms with Gasteiger partial charge in [0.1, 0.15) is 23.7 Å². The summed E-state index contributed by atoms with van der Waals surface area (Å²) in [5.74, 6) is 1.14. The molecule has 4 amide bonds. The normalized spacial score (nSPS) is 18.3. The number of benzene rings is 1. The minimum atomic E-state index is -1.23. The van der Waals surface area contributed by atoms with Crippen LogP contribution in [-0.4, -0.2) is 101 Å². The van der Waals surface area contributed by atoms with Crippen molar-refractivity contribution in [3.05, 3.63) is 60.7 Å². The largest absolute Gasteiger partial charge is 0.465 e. The lowest BCUT2D eigenvalue weighted by atomic mass is 10.0. The van der Waals surface area contributed by atoms with Crippen molar-refractivity contribution in [2.45, 2.75) is 77.5 Å². The molecule has 16 heteroatoms. The highest BCUT2D eigenvalue weighted by Crippen LogP contribution is 2.34. The number of carbonyl (C=O) groups is 4. The van der Waals surface area contributed by atoms with E-state index in [1.165, 1.54) is 7.11 Å². The van der Waals surface area contributed by atoms with E-state index in [2.05, 4.69) is 40.5 Å². The number of H-pyrrole nitrogens is 2. The summed E-state index contributed by atoms with van der Waals surface area (Å²) in [6, 6.07) is 5.74. The fourth-order valence-electron chi connectivity index (χ4n) is 7.05. The molecule has 2 saturated heterocycles. The molecule has 5 N–H and O–H groups in total. The molecule has 2 fully saturated rings. The van der Waals surface area contributed by atoms with Gasteiger partial charge in [0.2, 0.25) is 11.8 Å². The Morgan fingerprint density at radius 2 is 1.19 bits per heavy atom. The molecule has 2 aliphatic rings. The lowest BCUT2D eigenvalue weighted by Gasteiger charge is -2.30. The first-order chi connectivity index (χ1) is 25.4. The van der Waals surface area contributed by atoms with Crippen molar-refractivity contribution in [1.29, 1.82) is 0 Å². The fraction of sp³-hybridized carbons (Fsp3) is 0.459. The van der Waals surface area contributed by atoms with Crippen molar-refractivity contribution >= 4 is 24.0 Å². The number of likely N-dealkylation sites (tertiary alicyclic amines) is 2. The van der Waals surface area contributed by atoms with E-state index in [0.29, 0.717) is 36.3 Å². The van der Waals surface area contributed by atoms with Gasteiger partial charge < -0.3 is 40.2 Å². The summed E-state index contributed by atoms with van der Waals surface area (Å²) in [6.07, 6.45) is 8.13. The summed E-state index contributed by atoms with van der Waals surface area (Å²) in [4.78, 5) is 78.7. The quantitative estimate of drug-likeness (QED) is 0.141. The molecule has 1 aromatic carbocycles. The van der Waals surface area contributed by atoms with Crippen molar-refractivity contribution in [2.24, 2.45) is 11.8 Å². The molecule has 16 nitrogen and oxygen atoms in total. The number of aromatic nitrogens is 6. The second-order valence-electron chi connectivity index (χ2n) is 14.1. The molecule has 3 aromatic heterocycles. The molecular formula is C37H46N10O6. The maximum atomic E-state index is 13.5. The molecule has 4 aromatic rings. The van der Waals surface area contributed by atoms with E-state index >= 15 is 0 Å². The molecule has 6 rings (SSSR count). The van der Waals surface area contributed by atoms with Gasteiger partial charge in [0, 0.05) is 36.6 Å². The number of aromatic amines is 2. The lowest BCUT2D eigenvalue weighted by molar-refractivity contribution is -0.136. The van der Waals surface area contributed by atoms with Crippen molar-refractivity contribution in [3.8, 4) is 33.9 Å². The molecule has 4 atom stereocenters. The minimum absolute atomic E-state index is 0.117. The van der Waals surface area contributed by atoms with Gasteiger partial charge in [-0.05, 0) is 43.1 Å². The maximum Gasteiger partial charge on any atom is 0.407 e. The van der Waals surface area contributed by atoms with Crippen molar-refractivity contribution in [1.82, 2.24) is 50.3 Å². The van der Waals surface area contributed by atoms with E-state index in [1.807, 2.05) is 52.0 Å². The fourth-order valence-corrected chi connectivity index (χ4v) is 7.05. The highest BCUT2D eigenvalue weighted by molar-refractivity contribution is 5.87. The van der Waals surface area contributed by atoms with Crippen LogP contribution in [0.3, 0.4) is 0 Å². The molecule has 0 bridgehead atoms. The van der Waals surface area contributed by atoms with Gasteiger partial charge in [0.15, 0.2) is 5.82 Å². The predicted molar refractivity (Wildman–Crippen MR) is 194 cm³/mol. The van der Waals surface area contributed by atoms with Crippen LogP contribution in [0.25, 0.3) is 33.9 Å². The molecule has 0 aliphatic carbocycles. The Labute approximate surface area is 307 Å². The van der Waals surface area contributed by atoms with E-state index in [0.717, 1.165) is 48.1 Å². The van der Waals surface area contributed by atoms with E-state index < -0.39 is 24.3 Å². The number of hydrogen-bond acceptors (Lipinski definition) is 9. The van der Waals surface area contributed by atoms with Gasteiger partial charge in [-0.2, -0.15) is 0 Å². The Kier molecular flexibility index (Phi) is 11.0. The lowest BCUT2D eigenvalue weighted by Crippen LogP contribution is -2.51. The Hall–Kier alpha value is -5.80. The first-order valence-electron chi connectivity index (χ1n) is 17.9. The van der Waals surface area contributed by atoms with Crippen LogP contribution in [0.1, 0.15) is 77.1 Å². The monoisotopic (exact) mass is 726 g/mol. The molecule has 53 heavy (non-hydrogen) atoms. The van der Waals surface area contributed by atoms with Crippen LogP contribution >= 0.6 is 0 Å².